The van der Waals surface area contributed by atoms with Crippen molar-refractivity contribution in [1.29, 1.82) is 0 Å². The van der Waals surface area contributed by atoms with Gasteiger partial charge in [0.15, 0.2) is 0 Å². The Bertz CT molecular complexity index is 479. The van der Waals surface area contributed by atoms with Gasteiger partial charge >= 0.3 is 6.09 Å². The van der Waals surface area contributed by atoms with Crippen molar-refractivity contribution in [2.75, 3.05) is 0 Å². The molecule has 2 aromatic rings. The van der Waals surface area contributed by atoms with Crippen LogP contribution in [0.25, 0.3) is 0 Å². The molecule has 0 aliphatic rings. The number of carbonyl (C=O) groups excluding carboxylic acids is 1. The summed E-state index contributed by atoms with van der Waals surface area (Å²) in [5, 5.41) is 7.32. The lowest BCUT2D eigenvalue weighted by Gasteiger charge is -2.03. The van der Waals surface area contributed by atoms with Gasteiger partial charge < -0.3 is 4.74 Å². The molecule has 0 bridgehead atoms. The fourth-order valence-corrected chi connectivity index (χ4v) is 1.22. The van der Waals surface area contributed by atoms with Gasteiger partial charge in [-0.05, 0) is 12.5 Å². The number of aromatic nitrogens is 3. The fraction of sp³-hybridized carbons (Fsp3) is 0.182. The van der Waals surface area contributed by atoms with Gasteiger partial charge in [-0.25, -0.2) is 4.79 Å². The van der Waals surface area contributed by atoms with Gasteiger partial charge in [-0.3, -0.25) is 0 Å². The molecule has 0 amide bonds. The highest BCUT2D eigenvalue weighted by Gasteiger charge is 2.07. The van der Waals surface area contributed by atoms with E-state index in [1.807, 2.05) is 30.3 Å². The molecule has 0 fully saturated rings. The minimum Gasteiger partial charge on any atom is -0.443 e. The smallest absolute Gasteiger partial charge is 0.436 e. The number of hydrogen-bond donors (Lipinski definition) is 0. The van der Waals surface area contributed by atoms with Gasteiger partial charge in [0.1, 0.15) is 6.61 Å². The van der Waals surface area contributed by atoms with Crippen LogP contribution >= 0.6 is 0 Å². The first-order valence-electron chi connectivity index (χ1n) is 4.86. The summed E-state index contributed by atoms with van der Waals surface area (Å²) >= 11 is 0. The normalized spacial score (nSPS) is 10.1. The highest BCUT2D eigenvalue weighted by atomic mass is 16.6. The maximum absolute atomic E-state index is 11.5. The monoisotopic (exact) mass is 217 g/mol. The maximum atomic E-state index is 11.5. The van der Waals surface area contributed by atoms with Gasteiger partial charge in [0, 0.05) is 0 Å². The highest BCUT2D eigenvalue weighted by molar-refractivity contribution is 5.69. The van der Waals surface area contributed by atoms with Crippen LogP contribution in [0.2, 0.25) is 0 Å². The van der Waals surface area contributed by atoms with E-state index in [9.17, 15) is 4.79 Å². The molecule has 0 aliphatic carbocycles. The summed E-state index contributed by atoms with van der Waals surface area (Å²) in [4.78, 5) is 11.5. The molecule has 0 aliphatic heterocycles. The molecule has 0 atom stereocenters. The average molecular weight is 217 g/mol. The Kier molecular flexibility index (Phi) is 2.95. The molecule has 5 nitrogen and oxygen atoms in total. The number of rotatable bonds is 2. The van der Waals surface area contributed by atoms with Crippen molar-refractivity contribution in [3.63, 3.8) is 0 Å². The Balaban J connectivity index is 1.94. The summed E-state index contributed by atoms with van der Waals surface area (Å²) in [6.07, 6.45) is 0.998. The molecule has 5 heteroatoms. The molecule has 0 spiro atoms. The first-order valence-corrected chi connectivity index (χ1v) is 4.86. The summed E-state index contributed by atoms with van der Waals surface area (Å²) in [6, 6.07) is 9.47. The predicted octanol–water partition coefficient (Wildman–Crippen LogP) is 1.77. The summed E-state index contributed by atoms with van der Waals surface area (Å²) in [5.41, 5.74) is 1.62. The first kappa shape index (κ1) is 10.4. The Labute approximate surface area is 92.7 Å². The van der Waals surface area contributed by atoms with Gasteiger partial charge in [0.25, 0.3) is 0 Å². The van der Waals surface area contributed by atoms with Crippen LogP contribution in [-0.2, 0) is 11.3 Å². The van der Waals surface area contributed by atoms with E-state index in [1.54, 1.807) is 6.92 Å². The van der Waals surface area contributed by atoms with Crippen molar-refractivity contribution in [3.05, 3.63) is 47.8 Å². The lowest BCUT2D eigenvalue weighted by atomic mass is 10.2. The van der Waals surface area contributed by atoms with Gasteiger partial charge in [0.2, 0.25) is 0 Å². The molecule has 82 valence electrons. The quantitative estimate of drug-likeness (QED) is 0.769. The number of carbonyl (C=O) groups is 1. The predicted molar refractivity (Wildman–Crippen MR) is 56.8 cm³/mol. The molecular formula is C11H11N3O2. The maximum Gasteiger partial charge on any atom is 0.436 e. The van der Waals surface area contributed by atoms with Gasteiger partial charge in [0.05, 0.1) is 11.9 Å². The molecule has 0 N–H and O–H groups in total. The van der Waals surface area contributed by atoms with Gasteiger partial charge in [-0.1, -0.05) is 35.5 Å². The number of benzene rings is 1. The van der Waals surface area contributed by atoms with Crippen molar-refractivity contribution in [2.24, 2.45) is 0 Å². The van der Waals surface area contributed by atoms with E-state index in [2.05, 4.69) is 10.3 Å². The minimum atomic E-state index is -0.524. The van der Waals surface area contributed by atoms with Crippen molar-refractivity contribution in [2.45, 2.75) is 13.5 Å². The molecule has 2 rings (SSSR count). The molecule has 0 unspecified atom stereocenters. The third kappa shape index (κ3) is 2.44. The molecule has 16 heavy (non-hydrogen) atoms. The molecule has 1 heterocycles. The van der Waals surface area contributed by atoms with Crippen LogP contribution in [0.3, 0.4) is 0 Å². The van der Waals surface area contributed by atoms with E-state index in [1.165, 1.54) is 6.20 Å². The highest BCUT2D eigenvalue weighted by Crippen LogP contribution is 2.01. The van der Waals surface area contributed by atoms with Crippen molar-refractivity contribution in [3.8, 4) is 0 Å². The van der Waals surface area contributed by atoms with Crippen molar-refractivity contribution < 1.29 is 9.53 Å². The number of ether oxygens (including phenoxy) is 1. The number of nitrogens with zero attached hydrogens (tertiary/aromatic N) is 3. The SMILES string of the molecule is Cc1cn(C(=O)OCc2ccccc2)nn1. The lowest BCUT2D eigenvalue weighted by molar-refractivity contribution is 0.137. The Hall–Kier alpha value is -2.17. The summed E-state index contributed by atoms with van der Waals surface area (Å²) in [7, 11) is 0. The third-order valence-electron chi connectivity index (χ3n) is 2.00. The molecule has 0 radical (unpaired) electrons. The Morgan fingerprint density at radius 2 is 2.12 bits per heavy atom. The number of hydrogen-bond acceptors (Lipinski definition) is 4. The van der Waals surface area contributed by atoms with Crippen LogP contribution in [0.15, 0.2) is 36.5 Å². The van der Waals surface area contributed by atoms with E-state index in [4.69, 9.17) is 4.74 Å². The second-order valence-electron chi connectivity index (χ2n) is 3.34. The van der Waals surface area contributed by atoms with Crippen LogP contribution in [0, 0.1) is 6.92 Å². The molecule has 0 saturated heterocycles. The van der Waals surface area contributed by atoms with E-state index in [0.717, 1.165) is 10.2 Å². The van der Waals surface area contributed by atoms with Crippen LogP contribution in [-0.4, -0.2) is 21.1 Å². The van der Waals surface area contributed by atoms with Crippen molar-refractivity contribution in [1.82, 2.24) is 15.0 Å². The second-order valence-corrected chi connectivity index (χ2v) is 3.34. The van der Waals surface area contributed by atoms with E-state index < -0.39 is 6.09 Å². The molecular weight excluding hydrogens is 206 g/mol. The Morgan fingerprint density at radius 1 is 1.38 bits per heavy atom. The zero-order valence-corrected chi connectivity index (χ0v) is 8.83. The topological polar surface area (TPSA) is 57.0 Å². The van der Waals surface area contributed by atoms with E-state index in [-0.39, 0.29) is 6.61 Å². The average Bonchev–Trinajstić information content (AvgIpc) is 2.74. The molecule has 1 aromatic carbocycles. The van der Waals surface area contributed by atoms with Gasteiger partial charge in [-0.2, -0.15) is 4.68 Å². The molecule has 1 aromatic heterocycles. The van der Waals surface area contributed by atoms with Crippen LogP contribution < -0.4 is 0 Å². The zero-order chi connectivity index (χ0) is 11.4. The molecule has 0 saturated carbocycles. The zero-order valence-electron chi connectivity index (χ0n) is 8.83. The van der Waals surface area contributed by atoms with Crippen LogP contribution in [0.1, 0.15) is 11.3 Å². The van der Waals surface area contributed by atoms with Crippen LogP contribution in [0.5, 0.6) is 0 Å². The van der Waals surface area contributed by atoms with Gasteiger partial charge in [-0.15, -0.1) is 5.10 Å². The second kappa shape index (κ2) is 4.57. The van der Waals surface area contributed by atoms with Crippen molar-refractivity contribution >= 4 is 6.09 Å². The lowest BCUT2D eigenvalue weighted by Crippen LogP contribution is -2.14. The largest absolute Gasteiger partial charge is 0.443 e. The minimum absolute atomic E-state index is 0.235. The summed E-state index contributed by atoms with van der Waals surface area (Å²) < 4.78 is 6.13. The summed E-state index contributed by atoms with van der Waals surface area (Å²) in [6.45, 7) is 1.99. The summed E-state index contributed by atoms with van der Waals surface area (Å²) in [5.74, 6) is 0. The number of aryl methyl sites for hydroxylation is 1. The van der Waals surface area contributed by atoms with E-state index >= 15 is 0 Å². The fourth-order valence-electron chi connectivity index (χ4n) is 1.22. The third-order valence-corrected chi connectivity index (χ3v) is 2.00. The Morgan fingerprint density at radius 3 is 2.75 bits per heavy atom. The standard InChI is InChI=1S/C11H11N3O2/c1-9-7-14(13-12-9)11(15)16-8-10-5-3-2-4-6-10/h2-7H,8H2,1H3. The first-order chi connectivity index (χ1) is 7.75. The van der Waals surface area contributed by atoms with E-state index in [0.29, 0.717) is 5.69 Å². The van der Waals surface area contributed by atoms with Crippen LogP contribution in [0.4, 0.5) is 4.79 Å².